The van der Waals surface area contributed by atoms with Gasteiger partial charge in [-0.05, 0) is 55.8 Å². The van der Waals surface area contributed by atoms with Crippen LogP contribution in [0.1, 0.15) is 38.9 Å². The lowest BCUT2D eigenvalue weighted by molar-refractivity contribution is 0.0944. The zero-order valence-corrected chi connectivity index (χ0v) is 15.2. The van der Waals surface area contributed by atoms with Gasteiger partial charge in [-0.15, -0.1) is 10.2 Å². The van der Waals surface area contributed by atoms with E-state index in [1.807, 2.05) is 31.2 Å². The SMILES string of the molecule is CC(=O)c1ccc(Nc2ccc(C(=O)NCc3cccc(C)c3)nn2)cc1. The van der Waals surface area contributed by atoms with Crippen molar-refractivity contribution in [2.24, 2.45) is 0 Å². The van der Waals surface area contributed by atoms with Crippen LogP contribution in [0.3, 0.4) is 0 Å². The van der Waals surface area contributed by atoms with Crippen LogP contribution in [-0.2, 0) is 6.54 Å². The van der Waals surface area contributed by atoms with Gasteiger partial charge in [0.15, 0.2) is 17.3 Å². The molecule has 0 unspecified atom stereocenters. The number of aryl methyl sites for hydroxylation is 1. The number of carbonyl (C=O) groups excluding carboxylic acids is 2. The Morgan fingerprint density at radius 2 is 1.74 bits per heavy atom. The number of ketones is 1. The summed E-state index contributed by atoms with van der Waals surface area (Å²) >= 11 is 0. The number of nitrogens with one attached hydrogen (secondary N) is 2. The van der Waals surface area contributed by atoms with Gasteiger partial charge in [0, 0.05) is 17.8 Å². The van der Waals surface area contributed by atoms with Crippen molar-refractivity contribution in [1.29, 1.82) is 0 Å². The maximum Gasteiger partial charge on any atom is 0.272 e. The molecule has 136 valence electrons. The molecular weight excluding hydrogens is 340 g/mol. The largest absolute Gasteiger partial charge is 0.347 e. The molecule has 6 heteroatoms. The van der Waals surface area contributed by atoms with E-state index in [1.54, 1.807) is 36.4 Å². The fraction of sp³-hybridized carbons (Fsp3) is 0.143. The molecule has 0 saturated heterocycles. The zero-order valence-electron chi connectivity index (χ0n) is 15.2. The first kappa shape index (κ1) is 18.3. The van der Waals surface area contributed by atoms with E-state index in [9.17, 15) is 9.59 Å². The highest BCUT2D eigenvalue weighted by molar-refractivity contribution is 5.94. The number of hydrogen-bond acceptors (Lipinski definition) is 5. The lowest BCUT2D eigenvalue weighted by atomic mass is 10.1. The van der Waals surface area contributed by atoms with E-state index in [-0.39, 0.29) is 17.4 Å². The van der Waals surface area contributed by atoms with Crippen LogP contribution < -0.4 is 10.6 Å². The number of amides is 1. The van der Waals surface area contributed by atoms with Gasteiger partial charge in [-0.1, -0.05) is 29.8 Å². The maximum absolute atomic E-state index is 12.2. The molecule has 3 rings (SSSR count). The molecule has 0 spiro atoms. The van der Waals surface area contributed by atoms with Gasteiger partial charge < -0.3 is 10.6 Å². The summed E-state index contributed by atoms with van der Waals surface area (Å²) in [5.41, 5.74) is 3.86. The molecule has 1 heterocycles. The van der Waals surface area contributed by atoms with Gasteiger partial charge in [-0.3, -0.25) is 9.59 Å². The molecule has 0 atom stereocenters. The van der Waals surface area contributed by atoms with Crippen LogP contribution in [-0.4, -0.2) is 21.9 Å². The molecule has 0 fully saturated rings. The second-order valence-electron chi connectivity index (χ2n) is 6.23. The summed E-state index contributed by atoms with van der Waals surface area (Å²) < 4.78 is 0. The molecule has 1 amide bonds. The summed E-state index contributed by atoms with van der Waals surface area (Å²) in [6.07, 6.45) is 0. The molecule has 27 heavy (non-hydrogen) atoms. The minimum Gasteiger partial charge on any atom is -0.347 e. The van der Waals surface area contributed by atoms with Crippen LogP contribution >= 0.6 is 0 Å². The third kappa shape index (κ3) is 4.98. The summed E-state index contributed by atoms with van der Waals surface area (Å²) in [7, 11) is 0. The summed E-state index contributed by atoms with van der Waals surface area (Å²) in [5.74, 6) is 0.254. The smallest absolute Gasteiger partial charge is 0.272 e. The zero-order chi connectivity index (χ0) is 19.2. The van der Waals surface area contributed by atoms with Crippen molar-refractivity contribution in [1.82, 2.24) is 15.5 Å². The van der Waals surface area contributed by atoms with Crippen LogP contribution in [0.2, 0.25) is 0 Å². The molecule has 3 aromatic rings. The molecule has 2 aromatic carbocycles. The van der Waals surface area contributed by atoms with E-state index >= 15 is 0 Å². The van der Waals surface area contributed by atoms with E-state index in [0.29, 0.717) is 17.9 Å². The lowest BCUT2D eigenvalue weighted by Crippen LogP contribution is -2.24. The summed E-state index contributed by atoms with van der Waals surface area (Å²) in [6, 6.07) is 18.3. The molecule has 0 aliphatic heterocycles. The van der Waals surface area contributed by atoms with Crippen LogP contribution in [0.4, 0.5) is 11.5 Å². The van der Waals surface area contributed by atoms with E-state index in [1.165, 1.54) is 6.92 Å². The van der Waals surface area contributed by atoms with Crippen molar-refractivity contribution in [2.75, 3.05) is 5.32 Å². The predicted octanol–water partition coefficient (Wildman–Crippen LogP) is 3.66. The minimum atomic E-state index is -0.277. The van der Waals surface area contributed by atoms with E-state index in [4.69, 9.17) is 0 Å². The number of rotatable bonds is 6. The first-order valence-electron chi connectivity index (χ1n) is 8.57. The first-order valence-corrected chi connectivity index (χ1v) is 8.57. The second-order valence-corrected chi connectivity index (χ2v) is 6.23. The predicted molar refractivity (Wildman–Crippen MR) is 104 cm³/mol. The number of Topliss-reactive ketones (excluding diaryl/α,β-unsaturated/α-hetero) is 1. The van der Waals surface area contributed by atoms with Crippen LogP contribution in [0.15, 0.2) is 60.7 Å². The number of benzene rings is 2. The molecule has 1 aromatic heterocycles. The molecule has 0 aliphatic rings. The minimum absolute atomic E-state index is 0.0161. The number of nitrogens with zero attached hydrogens (tertiary/aromatic N) is 2. The molecule has 0 aliphatic carbocycles. The molecule has 0 saturated carbocycles. The Balaban J connectivity index is 1.59. The number of aromatic nitrogens is 2. The average molecular weight is 360 g/mol. The van der Waals surface area contributed by atoms with Gasteiger partial charge in [-0.25, -0.2) is 0 Å². The molecule has 0 radical (unpaired) electrons. The Hall–Kier alpha value is -3.54. The standard InChI is InChI=1S/C21H20N4O2/c1-14-4-3-5-16(12-14)13-22-21(27)19-10-11-20(25-24-19)23-18-8-6-17(7-9-18)15(2)26/h3-12H,13H2,1-2H3,(H,22,27)(H,23,25). The van der Waals surface area contributed by atoms with E-state index in [0.717, 1.165) is 16.8 Å². The van der Waals surface area contributed by atoms with Crippen molar-refractivity contribution >= 4 is 23.2 Å². The third-order valence-electron chi connectivity index (χ3n) is 4.00. The van der Waals surface area contributed by atoms with Crippen molar-refractivity contribution in [2.45, 2.75) is 20.4 Å². The van der Waals surface area contributed by atoms with E-state index < -0.39 is 0 Å². The molecule has 6 nitrogen and oxygen atoms in total. The Labute approximate surface area is 157 Å². The number of hydrogen-bond donors (Lipinski definition) is 2. The van der Waals surface area contributed by atoms with Gasteiger partial charge in [0.1, 0.15) is 0 Å². The monoisotopic (exact) mass is 360 g/mol. The second kappa shape index (κ2) is 8.23. The maximum atomic E-state index is 12.2. The highest BCUT2D eigenvalue weighted by atomic mass is 16.2. The molecule has 0 bridgehead atoms. The summed E-state index contributed by atoms with van der Waals surface area (Å²) in [4.78, 5) is 23.5. The Morgan fingerprint density at radius 1 is 0.963 bits per heavy atom. The quantitative estimate of drug-likeness (QED) is 0.656. The van der Waals surface area contributed by atoms with Gasteiger partial charge in [0.2, 0.25) is 0 Å². The lowest BCUT2D eigenvalue weighted by Gasteiger charge is -2.07. The Morgan fingerprint density at radius 3 is 2.37 bits per heavy atom. The number of anilines is 2. The van der Waals surface area contributed by atoms with Crippen LogP contribution in [0.5, 0.6) is 0 Å². The fourth-order valence-electron chi connectivity index (χ4n) is 2.55. The Bertz CT molecular complexity index is 951. The third-order valence-corrected chi connectivity index (χ3v) is 4.00. The highest BCUT2D eigenvalue weighted by Gasteiger charge is 2.08. The Kier molecular flexibility index (Phi) is 5.56. The van der Waals surface area contributed by atoms with E-state index in [2.05, 4.69) is 20.8 Å². The average Bonchev–Trinajstić information content (AvgIpc) is 2.67. The first-order chi connectivity index (χ1) is 13.0. The van der Waals surface area contributed by atoms with Gasteiger partial charge in [0.05, 0.1) is 0 Å². The van der Waals surface area contributed by atoms with Crippen molar-refractivity contribution in [3.63, 3.8) is 0 Å². The fourth-order valence-corrected chi connectivity index (χ4v) is 2.55. The molecular formula is C21H20N4O2. The van der Waals surface area contributed by atoms with Crippen molar-refractivity contribution in [3.05, 3.63) is 83.0 Å². The van der Waals surface area contributed by atoms with Crippen LogP contribution in [0.25, 0.3) is 0 Å². The molecule has 2 N–H and O–H groups in total. The normalized spacial score (nSPS) is 10.3. The van der Waals surface area contributed by atoms with Crippen molar-refractivity contribution < 1.29 is 9.59 Å². The van der Waals surface area contributed by atoms with Crippen LogP contribution in [0, 0.1) is 6.92 Å². The summed E-state index contributed by atoms with van der Waals surface area (Å²) in [5, 5.41) is 13.9. The number of carbonyl (C=O) groups is 2. The van der Waals surface area contributed by atoms with Gasteiger partial charge in [-0.2, -0.15) is 0 Å². The van der Waals surface area contributed by atoms with Gasteiger partial charge in [0.25, 0.3) is 5.91 Å². The van der Waals surface area contributed by atoms with Gasteiger partial charge >= 0.3 is 0 Å². The van der Waals surface area contributed by atoms with Crippen molar-refractivity contribution in [3.8, 4) is 0 Å². The summed E-state index contributed by atoms with van der Waals surface area (Å²) in [6.45, 7) is 3.97. The topological polar surface area (TPSA) is 84.0 Å². The highest BCUT2D eigenvalue weighted by Crippen LogP contribution is 2.15.